The van der Waals surface area contributed by atoms with Crippen molar-refractivity contribution in [3.05, 3.63) is 53.1 Å². The number of nitrogens with zero attached hydrogens (tertiary/aromatic N) is 1. The van der Waals surface area contributed by atoms with E-state index >= 15 is 0 Å². The number of halogens is 1. The van der Waals surface area contributed by atoms with Crippen LogP contribution in [-0.2, 0) is 0 Å². The number of rotatable bonds is 7. The third-order valence-corrected chi connectivity index (χ3v) is 4.94. The van der Waals surface area contributed by atoms with E-state index in [1.807, 2.05) is 35.2 Å². The molecule has 1 unspecified atom stereocenters. The zero-order chi connectivity index (χ0) is 20.1. The van der Waals surface area contributed by atoms with Crippen molar-refractivity contribution in [2.75, 3.05) is 32.1 Å². The fraction of sp³-hybridized carbons (Fsp3) is 0.409. The first-order valence-electron chi connectivity index (χ1n) is 9.59. The maximum Gasteiger partial charge on any atom is 0.254 e. The SMILES string of the molecule is COc1cc(C(=O)N2CCC(Nc3ccccc3)C2)cc(Cl)c1OCC(C)C. The van der Waals surface area contributed by atoms with Crippen LogP contribution in [0, 0.1) is 5.92 Å². The number of hydrogen-bond acceptors (Lipinski definition) is 4. The Morgan fingerprint density at radius 1 is 1.29 bits per heavy atom. The van der Waals surface area contributed by atoms with E-state index in [4.69, 9.17) is 21.1 Å². The van der Waals surface area contributed by atoms with Gasteiger partial charge in [0.1, 0.15) is 0 Å². The average molecular weight is 403 g/mol. The average Bonchev–Trinajstić information content (AvgIpc) is 3.14. The van der Waals surface area contributed by atoms with Crippen LogP contribution in [0.25, 0.3) is 0 Å². The van der Waals surface area contributed by atoms with Crippen molar-refractivity contribution in [1.29, 1.82) is 0 Å². The Bertz CT molecular complexity index is 811. The quantitative estimate of drug-likeness (QED) is 0.728. The molecule has 1 atom stereocenters. The molecule has 1 saturated heterocycles. The largest absolute Gasteiger partial charge is 0.493 e. The molecule has 6 heteroatoms. The van der Waals surface area contributed by atoms with E-state index in [2.05, 4.69) is 19.2 Å². The van der Waals surface area contributed by atoms with Crippen LogP contribution in [0.4, 0.5) is 5.69 Å². The van der Waals surface area contributed by atoms with E-state index in [-0.39, 0.29) is 11.9 Å². The van der Waals surface area contributed by atoms with Gasteiger partial charge in [0, 0.05) is 30.4 Å². The fourth-order valence-corrected chi connectivity index (χ4v) is 3.51. The van der Waals surface area contributed by atoms with Crippen molar-refractivity contribution in [1.82, 2.24) is 4.90 Å². The smallest absolute Gasteiger partial charge is 0.254 e. The number of para-hydroxylation sites is 1. The molecule has 5 nitrogen and oxygen atoms in total. The van der Waals surface area contributed by atoms with Crippen LogP contribution >= 0.6 is 11.6 Å². The molecule has 1 N–H and O–H groups in total. The molecule has 150 valence electrons. The van der Waals surface area contributed by atoms with E-state index in [0.717, 1.165) is 12.1 Å². The monoisotopic (exact) mass is 402 g/mol. The highest BCUT2D eigenvalue weighted by atomic mass is 35.5. The third kappa shape index (κ3) is 4.90. The fourth-order valence-electron chi connectivity index (χ4n) is 3.25. The van der Waals surface area contributed by atoms with Gasteiger partial charge in [-0.2, -0.15) is 0 Å². The summed E-state index contributed by atoms with van der Waals surface area (Å²) in [5.74, 6) is 1.28. The summed E-state index contributed by atoms with van der Waals surface area (Å²) in [6, 6.07) is 13.7. The molecule has 0 spiro atoms. The lowest BCUT2D eigenvalue weighted by molar-refractivity contribution is 0.0791. The number of likely N-dealkylation sites (tertiary alicyclic amines) is 1. The molecule has 1 aliphatic rings. The van der Waals surface area contributed by atoms with Gasteiger partial charge in [-0.1, -0.05) is 43.6 Å². The Kier molecular flexibility index (Phi) is 6.68. The number of carbonyl (C=O) groups excluding carboxylic acids is 1. The molecule has 0 saturated carbocycles. The minimum absolute atomic E-state index is 0.0482. The normalized spacial score (nSPS) is 16.3. The van der Waals surface area contributed by atoms with E-state index in [9.17, 15) is 4.79 Å². The van der Waals surface area contributed by atoms with Crippen molar-refractivity contribution in [3.8, 4) is 11.5 Å². The summed E-state index contributed by atoms with van der Waals surface area (Å²) in [7, 11) is 1.55. The van der Waals surface area contributed by atoms with Crippen LogP contribution < -0.4 is 14.8 Å². The van der Waals surface area contributed by atoms with Gasteiger partial charge in [-0.25, -0.2) is 0 Å². The zero-order valence-electron chi connectivity index (χ0n) is 16.6. The lowest BCUT2D eigenvalue weighted by Gasteiger charge is -2.19. The van der Waals surface area contributed by atoms with Gasteiger partial charge in [0.2, 0.25) is 0 Å². The summed E-state index contributed by atoms with van der Waals surface area (Å²) >= 11 is 6.40. The minimum Gasteiger partial charge on any atom is -0.493 e. The first kappa shape index (κ1) is 20.3. The van der Waals surface area contributed by atoms with Gasteiger partial charge >= 0.3 is 0 Å². The van der Waals surface area contributed by atoms with E-state index in [0.29, 0.717) is 47.7 Å². The van der Waals surface area contributed by atoms with Crippen molar-refractivity contribution in [2.45, 2.75) is 26.3 Å². The summed E-state index contributed by atoms with van der Waals surface area (Å²) in [6.07, 6.45) is 0.904. The summed E-state index contributed by atoms with van der Waals surface area (Å²) in [6.45, 7) is 6.01. The second kappa shape index (κ2) is 9.20. The molecule has 0 aliphatic carbocycles. The van der Waals surface area contributed by atoms with E-state index in [1.165, 1.54) is 0 Å². The number of hydrogen-bond donors (Lipinski definition) is 1. The molecular formula is C22H27ClN2O3. The van der Waals surface area contributed by atoms with Gasteiger partial charge in [-0.05, 0) is 36.6 Å². The lowest BCUT2D eigenvalue weighted by atomic mass is 10.1. The Balaban J connectivity index is 1.69. The molecule has 3 rings (SSSR count). The standard InChI is InChI=1S/C22H27ClN2O3/c1-15(2)14-28-21-19(23)11-16(12-20(21)27-3)22(26)25-10-9-18(13-25)24-17-7-5-4-6-8-17/h4-8,11-12,15,18,24H,9-10,13-14H2,1-3H3. The Morgan fingerprint density at radius 2 is 2.04 bits per heavy atom. The van der Waals surface area contributed by atoms with Crippen molar-refractivity contribution in [3.63, 3.8) is 0 Å². The number of benzene rings is 2. The Hall–Kier alpha value is -2.40. The number of methoxy groups -OCH3 is 1. The van der Waals surface area contributed by atoms with Crippen LogP contribution in [0.15, 0.2) is 42.5 Å². The van der Waals surface area contributed by atoms with Gasteiger partial charge in [0.15, 0.2) is 11.5 Å². The second-order valence-corrected chi connectivity index (χ2v) is 7.85. The molecule has 2 aromatic carbocycles. The molecule has 1 heterocycles. The van der Waals surface area contributed by atoms with Gasteiger partial charge in [0.25, 0.3) is 5.91 Å². The zero-order valence-corrected chi connectivity index (χ0v) is 17.3. The van der Waals surface area contributed by atoms with Gasteiger partial charge in [-0.15, -0.1) is 0 Å². The number of ether oxygens (including phenoxy) is 2. The highest BCUT2D eigenvalue weighted by Gasteiger charge is 2.28. The number of nitrogens with one attached hydrogen (secondary N) is 1. The minimum atomic E-state index is -0.0482. The molecule has 0 bridgehead atoms. The number of carbonyl (C=O) groups is 1. The first-order valence-corrected chi connectivity index (χ1v) is 9.97. The maximum absolute atomic E-state index is 13.0. The van der Waals surface area contributed by atoms with Crippen molar-refractivity contribution >= 4 is 23.2 Å². The molecule has 0 radical (unpaired) electrons. The second-order valence-electron chi connectivity index (χ2n) is 7.44. The summed E-state index contributed by atoms with van der Waals surface area (Å²) in [5.41, 5.74) is 1.58. The van der Waals surface area contributed by atoms with Crippen LogP contribution in [0.5, 0.6) is 11.5 Å². The Labute approximate surface area is 171 Å². The summed E-state index contributed by atoms with van der Waals surface area (Å²) in [5, 5.41) is 3.87. The van der Waals surface area contributed by atoms with Gasteiger partial charge in [0.05, 0.1) is 18.7 Å². The van der Waals surface area contributed by atoms with E-state index < -0.39 is 0 Å². The molecular weight excluding hydrogens is 376 g/mol. The van der Waals surface area contributed by atoms with Gasteiger partial charge in [-0.3, -0.25) is 4.79 Å². The van der Waals surface area contributed by atoms with Gasteiger partial charge < -0.3 is 19.7 Å². The highest BCUT2D eigenvalue weighted by Crippen LogP contribution is 2.37. The molecule has 2 aromatic rings. The third-order valence-electron chi connectivity index (χ3n) is 4.66. The highest BCUT2D eigenvalue weighted by molar-refractivity contribution is 6.32. The molecule has 28 heavy (non-hydrogen) atoms. The maximum atomic E-state index is 13.0. The Morgan fingerprint density at radius 3 is 2.71 bits per heavy atom. The predicted molar refractivity (Wildman–Crippen MR) is 113 cm³/mol. The van der Waals surface area contributed by atoms with Crippen LogP contribution in [0.2, 0.25) is 5.02 Å². The topological polar surface area (TPSA) is 50.8 Å². The van der Waals surface area contributed by atoms with Crippen LogP contribution in [0.3, 0.4) is 0 Å². The van der Waals surface area contributed by atoms with Crippen molar-refractivity contribution < 1.29 is 14.3 Å². The number of amides is 1. The van der Waals surface area contributed by atoms with E-state index in [1.54, 1.807) is 19.2 Å². The lowest BCUT2D eigenvalue weighted by Crippen LogP contribution is -2.31. The summed E-state index contributed by atoms with van der Waals surface area (Å²) < 4.78 is 11.2. The summed E-state index contributed by atoms with van der Waals surface area (Å²) in [4.78, 5) is 14.8. The predicted octanol–water partition coefficient (Wildman–Crippen LogP) is 4.71. The molecule has 1 amide bonds. The van der Waals surface area contributed by atoms with Crippen LogP contribution in [-0.4, -0.2) is 43.7 Å². The number of anilines is 1. The van der Waals surface area contributed by atoms with Crippen LogP contribution in [0.1, 0.15) is 30.6 Å². The molecule has 0 aromatic heterocycles. The molecule has 1 fully saturated rings. The van der Waals surface area contributed by atoms with Crippen molar-refractivity contribution in [2.24, 2.45) is 5.92 Å². The molecule has 1 aliphatic heterocycles. The first-order chi connectivity index (χ1) is 13.5.